The second-order valence-electron chi connectivity index (χ2n) is 4.63. The predicted molar refractivity (Wildman–Crippen MR) is 76.8 cm³/mol. The van der Waals surface area contributed by atoms with E-state index in [0.717, 1.165) is 4.88 Å². The molecule has 1 rings (SSSR count). The minimum atomic E-state index is -0.898. The van der Waals surface area contributed by atoms with Crippen molar-refractivity contribution in [3.63, 3.8) is 0 Å². The summed E-state index contributed by atoms with van der Waals surface area (Å²) in [6.45, 7) is 5.82. The van der Waals surface area contributed by atoms with Crippen LogP contribution in [0.4, 0.5) is 0 Å². The first kappa shape index (κ1) is 16.0. The fourth-order valence-corrected chi connectivity index (χ4v) is 2.88. The van der Waals surface area contributed by atoms with Crippen LogP contribution in [0.1, 0.15) is 38.0 Å². The Bertz CT molecular complexity index is 458. The molecule has 1 heterocycles. The van der Waals surface area contributed by atoms with E-state index in [1.54, 1.807) is 11.0 Å². The molecule has 0 fully saturated rings. The molecule has 1 amide bonds. The Morgan fingerprint density at radius 2 is 2.00 bits per heavy atom. The number of amides is 1. The number of carboxylic acid groups (broad SMARTS) is 1. The van der Waals surface area contributed by atoms with Gasteiger partial charge in [-0.05, 0) is 32.9 Å². The van der Waals surface area contributed by atoms with Crippen LogP contribution in [0.15, 0.2) is 12.1 Å². The fourth-order valence-electron chi connectivity index (χ4n) is 1.77. The van der Waals surface area contributed by atoms with E-state index in [1.165, 1.54) is 11.3 Å². The average molecular weight is 304 g/mol. The molecule has 0 spiro atoms. The lowest BCUT2D eigenvalue weighted by molar-refractivity contribution is -0.139. The summed E-state index contributed by atoms with van der Waals surface area (Å²) in [6.07, 6.45) is -0.0398. The monoisotopic (exact) mass is 303 g/mol. The van der Waals surface area contributed by atoms with Crippen LogP contribution < -0.4 is 0 Å². The summed E-state index contributed by atoms with van der Waals surface area (Å²) in [4.78, 5) is 25.5. The lowest BCUT2D eigenvalue weighted by atomic mass is 10.1. The molecule has 0 radical (unpaired) electrons. The SMILES string of the molecule is CC(C(=O)N(CCC(=O)O)C(C)C)c1ccc(Cl)s1. The summed E-state index contributed by atoms with van der Waals surface area (Å²) < 4.78 is 0.649. The van der Waals surface area contributed by atoms with Gasteiger partial charge in [0.1, 0.15) is 0 Å². The number of hydrogen-bond acceptors (Lipinski definition) is 3. The van der Waals surface area contributed by atoms with Crippen molar-refractivity contribution >= 4 is 34.8 Å². The number of halogens is 1. The van der Waals surface area contributed by atoms with Gasteiger partial charge in [-0.1, -0.05) is 11.6 Å². The zero-order valence-corrected chi connectivity index (χ0v) is 12.8. The zero-order chi connectivity index (χ0) is 14.6. The first-order chi connectivity index (χ1) is 8.82. The maximum absolute atomic E-state index is 12.4. The third kappa shape index (κ3) is 4.51. The van der Waals surface area contributed by atoms with Crippen molar-refractivity contribution in [1.82, 2.24) is 4.90 Å². The van der Waals surface area contributed by atoms with Crippen molar-refractivity contribution in [1.29, 1.82) is 0 Å². The van der Waals surface area contributed by atoms with Crippen LogP contribution >= 0.6 is 22.9 Å². The largest absolute Gasteiger partial charge is 0.481 e. The second-order valence-corrected chi connectivity index (χ2v) is 6.38. The molecule has 0 aliphatic rings. The van der Waals surface area contributed by atoms with Gasteiger partial charge in [0.05, 0.1) is 16.7 Å². The van der Waals surface area contributed by atoms with Crippen LogP contribution in [-0.4, -0.2) is 34.5 Å². The average Bonchev–Trinajstić information content (AvgIpc) is 2.74. The predicted octanol–water partition coefficient (Wildman–Crippen LogP) is 3.22. The minimum Gasteiger partial charge on any atom is -0.481 e. The first-order valence-electron chi connectivity index (χ1n) is 6.10. The zero-order valence-electron chi connectivity index (χ0n) is 11.2. The van der Waals surface area contributed by atoms with Crippen molar-refractivity contribution in [2.24, 2.45) is 0 Å². The van der Waals surface area contributed by atoms with E-state index >= 15 is 0 Å². The normalized spacial score (nSPS) is 12.5. The maximum Gasteiger partial charge on any atom is 0.305 e. The van der Waals surface area contributed by atoms with Gasteiger partial charge in [0.25, 0.3) is 0 Å². The molecule has 106 valence electrons. The highest BCUT2D eigenvalue weighted by molar-refractivity contribution is 7.16. The Morgan fingerprint density at radius 1 is 1.37 bits per heavy atom. The number of carbonyl (C=O) groups excluding carboxylic acids is 1. The van der Waals surface area contributed by atoms with E-state index in [4.69, 9.17) is 16.7 Å². The third-order valence-electron chi connectivity index (χ3n) is 2.86. The molecule has 4 nitrogen and oxygen atoms in total. The number of nitrogens with zero attached hydrogens (tertiary/aromatic N) is 1. The van der Waals surface area contributed by atoms with Gasteiger partial charge in [0.15, 0.2) is 0 Å². The molecule has 0 saturated heterocycles. The van der Waals surface area contributed by atoms with E-state index in [9.17, 15) is 9.59 Å². The lowest BCUT2D eigenvalue weighted by Gasteiger charge is -2.28. The molecule has 1 aromatic heterocycles. The third-order valence-corrected chi connectivity index (χ3v) is 4.28. The molecule has 1 unspecified atom stereocenters. The van der Waals surface area contributed by atoms with Crippen molar-refractivity contribution in [2.45, 2.75) is 39.2 Å². The van der Waals surface area contributed by atoms with E-state index in [1.807, 2.05) is 26.8 Å². The number of carboxylic acids is 1. The number of carbonyl (C=O) groups is 2. The smallest absolute Gasteiger partial charge is 0.305 e. The Labute approximate surface area is 122 Å². The summed E-state index contributed by atoms with van der Waals surface area (Å²) in [7, 11) is 0. The molecule has 1 N–H and O–H groups in total. The van der Waals surface area contributed by atoms with Crippen molar-refractivity contribution < 1.29 is 14.7 Å². The van der Waals surface area contributed by atoms with Crippen molar-refractivity contribution in [3.05, 3.63) is 21.3 Å². The van der Waals surface area contributed by atoms with Gasteiger partial charge in [-0.25, -0.2) is 0 Å². The highest BCUT2D eigenvalue weighted by atomic mass is 35.5. The maximum atomic E-state index is 12.4. The molecule has 1 atom stereocenters. The highest BCUT2D eigenvalue weighted by Gasteiger charge is 2.25. The molecule has 0 saturated carbocycles. The Kier molecular flexibility index (Phi) is 5.82. The molecule has 19 heavy (non-hydrogen) atoms. The van der Waals surface area contributed by atoms with Gasteiger partial charge < -0.3 is 10.0 Å². The Hall–Kier alpha value is -1.07. The van der Waals surface area contributed by atoms with Crippen LogP contribution in [-0.2, 0) is 9.59 Å². The fraction of sp³-hybridized carbons (Fsp3) is 0.538. The van der Waals surface area contributed by atoms with Gasteiger partial charge in [0, 0.05) is 17.5 Å². The lowest BCUT2D eigenvalue weighted by Crippen LogP contribution is -2.40. The molecule has 0 aliphatic heterocycles. The van der Waals surface area contributed by atoms with Gasteiger partial charge in [-0.3, -0.25) is 9.59 Å². The van der Waals surface area contributed by atoms with Crippen molar-refractivity contribution in [3.8, 4) is 0 Å². The van der Waals surface area contributed by atoms with E-state index in [2.05, 4.69) is 0 Å². The van der Waals surface area contributed by atoms with Crippen LogP contribution in [0, 0.1) is 0 Å². The number of aliphatic carboxylic acids is 1. The second kappa shape index (κ2) is 6.91. The summed E-state index contributed by atoms with van der Waals surface area (Å²) in [5.41, 5.74) is 0. The molecule has 0 aromatic carbocycles. The molecule has 0 aliphatic carbocycles. The number of rotatable bonds is 6. The van der Waals surface area contributed by atoms with Crippen LogP contribution in [0.5, 0.6) is 0 Å². The Morgan fingerprint density at radius 3 is 2.42 bits per heavy atom. The van der Waals surface area contributed by atoms with E-state index in [0.29, 0.717) is 4.34 Å². The topological polar surface area (TPSA) is 57.6 Å². The molecule has 6 heteroatoms. The molecule has 0 bridgehead atoms. The van der Waals surface area contributed by atoms with Gasteiger partial charge in [-0.15, -0.1) is 11.3 Å². The van der Waals surface area contributed by atoms with Gasteiger partial charge in [-0.2, -0.15) is 0 Å². The standard InChI is InChI=1S/C13H18ClNO3S/c1-8(2)15(7-6-12(16)17)13(18)9(3)10-4-5-11(14)19-10/h4-5,8-9H,6-7H2,1-3H3,(H,16,17). The summed E-state index contributed by atoms with van der Waals surface area (Å²) in [5, 5.41) is 8.73. The van der Waals surface area contributed by atoms with Crippen molar-refractivity contribution in [2.75, 3.05) is 6.54 Å². The summed E-state index contributed by atoms with van der Waals surface area (Å²) in [6, 6.07) is 3.58. The first-order valence-corrected chi connectivity index (χ1v) is 7.30. The highest BCUT2D eigenvalue weighted by Crippen LogP contribution is 2.29. The van der Waals surface area contributed by atoms with Crippen LogP contribution in [0.3, 0.4) is 0 Å². The van der Waals surface area contributed by atoms with E-state index < -0.39 is 5.97 Å². The van der Waals surface area contributed by atoms with Crippen LogP contribution in [0.2, 0.25) is 4.34 Å². The molecule has 1 aromatic rings. The minimum absolute atomic E-state index is 0.0234. The van der Waals surface area contributed by atoms with E-state index in [-0.39, 0.29) is 30.8 Å². The quantitative estimate of drug-likeness (QED) is 0.878. The Balaban J connectivity index is 2.78. The molecular weight excluding hydrogens is 286 g/mol. The number of hydrogen-bond donors (Lipinski definition) is 1. The summed E-state index contributed by atoms with van der Waals surface area (Å²) in [5.74, 6) is -1.26. The number of thiophene rings is 1. The van der Waals surface area contributed by atoms with Gasteiger partial charge in [0.2, 0.25) is 5.91 Å². The summed E-state index contributed by atoms with van der Waals surface area (Å²) >= 11 is 7.25. The molecular formula is C13H18ClNO3S. The van der Waals surface area contributed by atoms with Gasteiger partial charge >= 0.3 is 5.97 Å². The van der Waals surface area contributed by atoms with Crippen LogP contribution in [0.25, 0.3) is 0 Å².